The summed E-state index contributed by atoms with van der Waals surface area (Å²) < 4.78 is 0. The van der Waals surface area contributed by atoms with Gasteiger partial charge in [0.1, 0.15) is 0 Å². The fourth-order valence-electron chi connectivity index (χ4n) is 2.79. The van der Waals surface area contributed by atoms with Gasteiger partial charge in [-0.1, -0.05) is 6.07 Å². The molecule has 2 aromatic rings. The fourth-order valence-corrected chi connectivity index (χ4v) is 3.75. The molecular formula is C18H24N4OS. The van der Waals surface area contributed by atoms with Crippen LogP contribution in [0.25, 0.3) is 0 Å². The van der Waals surface area contributed by atoms with Gasteiger partial charge in [0.05, 0.1) is 5.69 Å². The zero-order valence-electron chi connectivity index (χ0n) is 14.7. The highest BCUT2D eigenvalue weighted by atomic mass is 32.1. The SMILES string of the molecule is Cc1nc(N2CCN(C(=O)c3cccc(N(C)C)c3)CC2)sc1C. The Bertz CT molecular complexity index is 713. The molecule has 1 aliphatic heterocycles. The highest BCUT2D eigenvalue weighted by Gasteiger charge is 2.24. The molecule has 1 saturated heterocycles. The van der Waals surface area contributed by atoms with Crippen LogP contribution in [-0.4, -0.2) is 56.1 Å². The molecule has 1 aromatic carbocycles. The summed E-state index contributed by atoms with van der Waals surface area (Å²) in [5, 5.41) is 1.08. The first-order chi connectivity index (χ1) is 11.5. The number of hydrogen-bond acceptors (Lipinski definition) is 5. The van der Waals surface area contributed by atoms with Gasteiger partial charge in [-0.15, -0.1) is 11.3 Å². The lowest BCUT2D eigenvalue weighted by Crippen LogP contribution is -2.48. The first-order valence-corrected chi connectivity index (χ1v) is 9.03. The topological polar surface area (TPSA) is 39.7 Å². The largest absolute Gasteiger partial charge is 0.378 e. The van der Waals surface area contributed by atoms with E-state index in [0.717, 1.165) is 48.3 Å². The lowest BCUT2D eigenvalue weighted by Gasteiger charge is -2.34. The number of carbonyl (C=O) groups excluding carboxylic acids is 1. The summed E-state index contributed by atoms with van der Waals surface area (Å²) in [6.45, 7) is 7.31. The zero-order valence-corrected chi connectivity index (χ0v) is 15.6. The first-order valence-electron chi connectivity index (χ1n) is 8.21. The third kappa shape index (κ3) is 3.38. The van der Waals surface area contributed by atoms with E-state index in [2.05, 4.69) is 16.8 Å². The van der Waals surface area contributed by atoms with Crippen LogP contribution >= 0.6 is 11.3 Å². The third-order valence-corrected chi connectivity index (χ3v) is 5.60. The number of benzene rings is 1. The van der Waals surface area contributed by atoms with Crippen molar-refractivity contribution in [3.63, 3.8) is 0 Å². The summed E-state index contributed by atoms with van der Waals surface area (Å²) in [6, 6.07) is 7.82. The third-order valence-electron chi connectivity index (χ3n) is 4.46. The maximum absolute atomic E-state index is 12.8. The number of aryl methyl sites for hydroxylation is 2. The Hall–Kier alpha value is -2.08. The van der Waals surface area contributed by atoms with Crippen molar-refractivity contribution in [1.82, 2.24) is 9.88 Å². The molecule has 0 radical (unpaired) electrons. The van der Waals surface area contributed by atoms with Crippen molar-refractivity contribution in [3.05, 3.63) is 40.4 Å². The van der Waals surface area contributed by atoms with Gasteiger partial charge >= 0.3 is 0 Å². The molecule has 24 heavy (non-hydrogen) atoms. The molecule has 1 aromatic heterocycles. The second kappa shape index (κ2) is 6.81. The zero-order chi connectivity index (χ0) is 17.3. The second-order valence-corrected chi connectivity index (χ2v) is 7.54. The van der Waals surface area contributed by atoms with Crippen molar-refractivity contribution in [1.29, 1.82) is 0 Å². The monoisotopic (exact) mass is 344 g/mol. The molecule has 5 nitrogen and oxygen atoms in total. The Morgan fingerprint density at radius 2 is 1.88 bits per heavy atom. The van der Waals surface area contributed by atoms with Crippen LogP contribution in [0.4, 0.5) is 10.8 Å². The van der Waals surface area contributed by atoms with Crippen LogP contribution in [0.2, 0.25) is 0 Å². The Morgan fingerprint density at radius 3 is 2.46 bits per heavy atom. The van der Waals surface area contributed by atoms with E-state index in [4.69, 9.17) is 0 Å². The molecule has 1 fully saturated rings. The number of thiazole rings is 1. The van der Waals surface area contributed by atoms with Crippen molar-refractivity contribution in [2.24, 2.45) is 0 Å². The van der Waals surface area contributed by atoms with E-state index in [1.807, 2.05) is 55.1 Å². The Morgan fingerprint density at radius 1 is 1.17 bits per heavy atom. The molecule has 0 unspecified atom stereocenters. The number of piperazine rings is 1. The minimum absolute atomic E-state index is 0.116. The van der Waals surface area contributed by atoms with E-state index < -0.39 is 0 Å². The van der Waals surface area contributed by atoms with Crippen LogP contribution in [0.1, 0.15) is 20.9 Å². The number of hydrogen-bond donors (Lipinski definition) is 0. The van der Waals surface area contributed by atoms with E-state index >= 15 is 0 Å². The lowest BCUT2D eigenvalue weighted by molar-refractivity contribution is 0.0747. The van der Waals surface area contributed by atoms with Crippen LogP contribution in [0, 0.1) is 13.8 Å². The quantitative estimate of drug-likeness (QED) is 0.858. The Balaban J connectivity index is 1.66. The normalized spacial score (nSPS) is 14.8. The van der Waals surface area contributed by atoms with Crippen LogP contribution in [0.5, 0.6) is 0 Å². The average Bonchev–Trinajstić information content (AvgIpc) is 2.93. The molecule has 128 valence electrons. The standard InChI is InChI=1S/C18H24N4OS/c1-13-14(2)24-18(19-13)22-10-8-21(9-11-22)17(23)15-6-5-7-16(12-15)20(3)4/h5-7,12H,8-11H2,1-4H3. The van der Waals surface area contributed by atoms with Crippen molar-refractivity contribution in [2.45, 2.75) is 13.8 Å². The number of carbonyl (C=O) groups is 1. The van der Waals surface area contributed by atoms with Crippen molar-refractivity contribution in [3.8, 4) is 0 Å². The molecule has 0 N–H and O–H groups in total. The summed E-state index contributed by atoms with van der Waals surface area (Å²) in [4.78, 5) is 24.9. The molecule has 0 aliphatic carbocycles. The van der Waals surface area contributed by atoms with Gasteiger partial charge in [0, 0.05) is 56.4 Å². The predicted molar refractivity (Wildman–Crippen MR) is 100 cm³/mol. The average molecular weight is 344 g/mol. The minimum atomic E-state index is 0.116. The fraction of sp³-hybridized carbons (Fsp3) is 0.444. The van der Waals surface area contributed by atoms with Gasteiger partial charge in [0.15, 0.2) is 5.13 Å². The van der Waals surface area contributed by atoms with Crippen molar-refractivity contribution in [2.75, 3.05) is 50.1 Å². The van der Waals surface area contributed by atoms with Gasteiger partial charge in [-0.2, -0.15) is 0 Å². The van der Waals surface area contributed by atoms with Crippen LogP contribution in [0.3, 0.4) is 0 Å². The molecule has 0 bridgehead atoms. The maximum Gasteiger partial charge on any atom is 0.254 e. The van der Waals surface area contributed by atoms with Gasteiger partial charge < -0.3 is 14.7 Å². The maximum atomic E-state index is 12.8. The number of nitrogens with zero attached hydrogens (tertiary/aromatic N) is 4. The highest BCUT2D eigenvalue weighted by molar-refractivity contribution is 7.15. The molecule has 3 rings (SSSR count). The summed E-state index contributed by atoms with van der Waals surface area (Å²) >= 11 is 1.74. The van der Waals surface area contributed by atoms with Gasteiger partial charge in [-0.3, -0.25) is 4.79 Å². The summed E-state index contributed by atoms with van der Waals surface area (Å²) in [5.74, 6) is 0.116. The summed E-state index contributed by atoms with van der Waals surface area (Å²) in [6.07, 6.45) is 0. The second-order valence-electron chi connectivity index (χ2n) is 6.36. The number of rotatable bonds is 3. The van der Waals surface area contributed by atoms with E-state index in [1.54, 1.807) is 11.3 Å². The van der Waals surface area contributed by atoms with Crippen molar-refractivity contribution < 1.29 is 4.79 Å². The number of aromatic nitrogens is 1. The lowest BCUT2D eigenvalue weighted by atomic mass is 10.1. The number of amides is 1. The van der Waals surface area contributed by atoms with Crippen molar-refractivity contribution >= 4 is 28.1 Å². The van der Waals surface area contributed by atoms with Gasteiger partial charge in [-0.25, -0.2) is 4.98 Å². The molecule has 0 saturated carbocycles. The number of anilines is 2. The molecule has 6 heteroatoms. The highest BCUT2D eigenvalue weighted by Crippen LogP contribution is 2.26. The molecular weight excluding hydrogens is 320 g/mol. The summed E-state index contributed by atoms with van der Waals surface area (Å²) in [5.41, 5.74) is 2.91. The first kappa shape index (κ1) is 16.8. The molecule has 1 amide bonds. The smallest absolute Gasteiger partial charge is 0.254 e. The molecule has 1 aliphatic rings. The summed E-state index contributed by atoms with van der Waals surface area (Å²) in [7, 11) is 3.97. The molecule has 0 spiro atoms. The predicted octanol–water partition coefficient (Wildman–Crippen LogP) is 2.79. The van der Waals surface area contributed by atoms with E-state index in [9.17, 15) is 4.79 Å². The van der Waals surface area contributed by atoms with Crippen LogP contribution in [-0.2, 0) is 0 Å². The van der Waals surface area contributed by atoms with E-state index in [0.29, 0.717) is 0 Å². The van der Waals surface area contributed by atoms with E-state index in [1.165, 1.54) is 4.88 Å². The Labute approximate surface area is 147 Å². The molecule has 0 atom stereocenters. The van der Waals surface area contributed by atoms with Gasteiger partial charge in [0.25, 0.3) is 5.91 Å². The van der Waals surface area contributed by atoms with E-state index in [-0.39, 0.29) is 5.91 Å². The Kier molecular flexibility index (Phi) is 4.76. The van der Waals surface area contributed by atoms with Crippen LogP contribution in [0.15, 0.2) is 24.3 Å². The van der Waals surface area contributed by atoms with Gasteiger partial charge in [0.2, 0.25) is 0 Å². The minimum Gasteiger partial charge on any atom is -0.378 e. The molecule has 2 heterocycles. The van der Waals surface area contributed by atoms with Crippen LogP contribution < -0.4 is 9.80 Å². The van der Waals surface area contributed by atoms with Gasteiger partial charge in [-0.05, 0) is 32.0 Å².